The van der Waals surface area contributed by atoms with Crippen LogP contribution in [-0.2, 0) is 0 Å². The molecule has 0 aliphatic heterocycles. The van der Waals surface area contributed by atoms with Gasteiger partial charge in [0.25, 0.3) is 0 Å². The van der Waals surface area contributed by atoms with Crippen LogP contribution in [-0.4, -0.2) is 14.7 Å². The first-order chi connectivity index (χ1) is 9.16. The molecule has 0 fully saturated rings. The number of benzene rings is 2. The second kappa shape index (κ2) is 4.52. The molecule has 0 saturated heterocycles. The lowest BCUT2D eigenvalue weighted by molar-refractivity contribution is 0.187. The van der Waals surface area contributed by atoms with Crippen LogP contribution in [0.2, 0.25) is 0 Å². The van der Waals surface area contributed by atoms with Crippen LogP contribution in [0.1, 0.15) is 24.4 Å². The van der Waals surface area contributed by atoms with E-state index in [4.69, 9.17) is 0 Å². The van der Waals surface area contributed by atoms with Crippen molar-refractivity contribution in [2.24, 2.45) is 0 Å². The van der Waals surface area contributed by atoms with E-state index in [1.165, 1.54) is 5.56 Å². The molecule has 3 aromatic rings. The number of aliphatic hydroxyl groups is 1. The number of aliphatic hydroxyl groups excluding tert-OH is 1. The summed E-state index contributed by atoms with van der Waals surface area (Å²) in [5, 5.41) is 9.94. The summed E-state index contributed by atoms with van der Waals surface area (Å²) in [6, 6.07) is 16.2. The lowest BCUT2D eigenvalue weighted by Crippen LogP contribution is -2.04. The van der Waals surface area contributed by atoms with Gasteiger partial charge in [-0.1, -0.05) is 29.8 Å². The van der Waals surface area contributed by atoms with Crippen molar-refractivity contribution < 1.29 is 5.11 Å². The van der Waals surface area contributed by atoms with Crippen molar-refractivity contribution in [3.05, 3.63) is 59.9 Å². The van der Waals surface area contributed by atoms with Gasteiger partial charge in [-0.15, -0.1) is 0 Å². The first-order valence-corrected chi connectivity index (χ1v) is 6.39. The molecule has 0 aliphatic carbocycles. The molecule has 0 bridgehead atoms. The highest BCUT2D eigenvalue weighted by Gasteiger charge is 2.15. The Hall–Kier alpha value is -2.13. The molecule has 3 heteroatoms. The number of imidazole rings is 1. The van der Waals surface area contributed by atoms with E-state index < -0.39 is 6.10 Å². The molecule has 2 aromatic carbocycles. The predicted octanol–water partition coefficient (Wildman–Crippen LogP) is 3.39. The van der Waals surface area contributed by atoms with Crippen molar-refractivity contribution in [3.8, 4) is 5.69 Å². The van der Waals surface area contributed by atoms with Gasteiger partial charge in [-0.2, -0.15) is 0 Å². The Bertz CT molecular complexity index is 711. The minimum Gasteiger partial charge on any atom is -0.385 e. The van der Waals surface area contributed by atoms with Crippen LogP contribution in [0, 0.1) is 6.92 Å². The zero-order valence-electron chi connectivity index (χ0n) is 11.0. The van der Waals surface area contributed by atoms with Crippen LogP contribution in [0.25, 0.3) is 16.7 Å². The summed E-state index contributed by atoms with van der Waals surface area (Å²) in [6.07, 6.45) is -0.603. The van der Waals surface area contributed by atoms with E-state index in [-0.39, 0.29) is 0 Å². The van der Waals surface area contributed by atoms with E-state index in [0.717, 1.165) is 16.7 Å². The Morgan fingerprint density at radius 2 is 1.74 bits per heavy atom. The highest BCUT2D eigenvalue weighted by atomic mass is 16.3. The number of fused-ring (bicyclic) bond motifs is 1. The van der Waals surface area contributed by atoms with Gasteiger partial charge in [0.2, 0.25) is 0 Å². The molecule has 3 rings (SSSR count). The molecule has 1 unspecified atom stereocenters. The van der Waals surface area contributed by atoms with E-state index in [2.05, 4.69) is 36.2 Å². The Kier molecular flexibility index (Phi) is 2.84. The largest absolute Gasteiger partial charge is 0.385 e. The first-order valence-electron chi connectivity index (χ1n) is 6.39. The van der Waals surface area contributed by atoms with Gasteiger partial charge >= 0.3 is 0 Å². The number of aromatic nitrogens is 2. The number of hydrogen-bond donors (Lipinski definition) is 1. The molecule has 0 amide bonds. The number of para-hydroxylation sites is 2. The van der Waals surface area contributed by atoms with E-state index >= 15 is 0 Å². The Morgan fingerprint density at radius 1 is 1.05 bits per heavy atom. The molecular weight excluding hydrogens is 236 g/mol. The van der Waals surface area contributed by atoms with Gasteiger partial charge in [-0.05, 0) is 38.1 Å². The fourth-order valence-electron chi connectivity index (χ4n) is 2.29. The van der Waals surface area contributed by atoms with Crippen LogP contribution >= 0.6 is 0 Å². The zero-order valence-corrected chi connectivity index (χ0v) is 11.0. The summed E-state index contributed by atoms with van der Waals surface area (Å²) < 4.78 is 2.01. The van der Waals surface area contributed by atoms with Gasteiger partial charge in [-0.25, -0.2) is 4.98 Å². The lowest BCUT2D eigenvalue weighted by atomic mass is 10.2. The van der Waals surface area contributed by atoms with Crippen LogP contribution in [0.15, 0.2) is 48.5 Å². The maximum atomic E-state index is 9.94. The molecule has 1 aromatic heterocycles. The fraction of sp³-hybridized carbons (Fsp3) is 0.188. The van der Waals surface area contributed by atoms with E-state index in [0.29, 0.717) is 5.82 Å². The SMILES string of the molecule is Cc1ccc(-n2c(C(C)O)nc3ccccc32)cc1. The fourth-order valence-corrected chi connectivity index (χ4v) is 2.29. The number of nitrogens with zero attached hydrogens (tertiary/aromatic N) is 2. The highest BCUT2D eigenvalue weighted by Crippen LogP contribution is 2.25. The third kappa shape index (κ3) is 2.02. The molecule has 0 aliphatic rings. The van der Waals surface area contributed by atoms with Gasteiger partial charge in [0.15, 0.2) is 0 Å². The molecule has 1 N–H and O–H groups in total. The van der Waals surface area contributed by atoms with Crippen LogP contribution in [0.5, 0.6) is 0 Å². The van der Waals surface area contributed by atoms with Gasteiger partial charge < -0.3 is 5.11 Å². The minimum atomic E-state index is -0.603. The van der Waals surface area contributed by atoms with Crippen molar-refractivity contribution in [2.75, 3.05) is 0 Å². The quantitative estimate of drug-likeness (QED) is 0.759. The summed E-state index contributed by atoms with van der Waals surface area (Å²) in [7, 11) is 0. The molecule has 0 radical (unpaired) electrons. The Balaban J connectivity index is 2.31. The molecule has 3 nitrogen and oxygen atoms in total. The molecule has 1 atom stereocenters. The van der Waals surface area contributed by atoms with E-state index in [1.807, 2.05) is 28.8 Å². The van der Waals surface area contributed by atoms with Crippen LogP contribution in [0.3, 0.4) is 0 Å². The van der Waals surface area contributed by atoms with Crippen molar-refractivity contribution in [2.45, 2.75) is 20.0 Å². The lowest BCUT2D eigenvalue weighted by Gasteiger charge is -2.11. The van der Waals surface area contributed by atoms with E-state index in [1.54, 1.807) is 6.92 Å². The van der Waals surface area contributed by atoms with Crippen LogP contribution < -0.4 is 0 Å². The predicted molar refractivity (Wildman–Crippen MR) is 76.4 cm³/mol. The van der Waals surface area contributed by atoms with Crippen molar-refractivity contribution in [1.29, 1.82) is 0 Å². The molecule has 1 heterocycles. The first kappa shape index (κ1) is 11.9. The normalized spacial score (nSPS) is 12.8. The number of rotatable bonds is 2. The number of hydrogen-bond acceptors (Lipinski definition) is 2. The van der Waals surface area contributed by atoms with Gasteiger partial charge in [-0.3, -0.25) is 4.57 Å². The smallest absolute Gasteiger partial charge is 0.143 e. The van der Waals surface area contributed by atoms with Gasteiger partial charge in [0.1, 0.15) is 11.9 Å². The second-order valence-electron chi connectivity index (χ2n) is 4.81. The minimum absolute atomic E-state index is 0.603. The summed E-state index contributed by atoms with van der Waals surface area (Å²) in [4.78, 5) is 4.52. The second-order valence-corrected chi connectivity index (χ2v) is 4.81. The Morgan fingerprint density at radius 3 is 2.42 bits per heavy atom. The standard InChI is InChI=1S/C16H16N2O/c1-11-7-9-13(10-8-11)18-15-6-4-3-5-14(15)17-16(18)12(2)19/h3-10,12,19H,1-2H3. The average Bonchev–Trinajstić information content (AvgIpc) is 2.79. The molecule has 19 heavy (non-hydrogen) atoms. The average molecular weight is 252 g/mol. The molecular formula is C16H16N2O. The van der Waals surface area contributed by atoms with Crippen molar-refractivity contribution in [1.82, 2.24) is 9.55 Å². The van der Waals surface area contributed by atoms with Gasteiger partial charge in [0, 0.05) is 5.69 Å². The maximum absolute atomic E-state index is 9.94. The Labute approximate surface area is 112 Å². The highest BCUT2D eigenvalue weighted by molar-refractivity contribution is 5.78. The monoisotopic (exact) mass is 252 g/mol. The topological polar surface area (TPSA) is 38.0 Å². The third-order valence-electron chi connectivity index (χ3n) is 3.25. The van der Waals surface area contributed by atoms with Gasteiger partial charge in [0.05, 0.1) is 11.0 Å². The molecule has 0 saturated carbocycles. The summed E-state index contributed by atoms with van der Waals surface area (Å²) in [5.74, 6) is 0.671. The van der Waals surface area contributed by atoms with Crippen LogP contribution in [0.4, 0.5) is 0 Å². The summed E-state index contributed by atoms with van der Waals surface area (Å²) in [6.45, 7) is 3.80. The van der Waals surface area contributed by atoms with Crippen molar-refractivity contribution in [3.63, 3.8) is 0 Å². The summed E-state index contributed by atoms with van der Waals surface area (Å²) in [5.41, 5.74) is 4.16. The zero-order chi connectivity index (χ0) is 13.4. The molecule has 0 spiro atoms. The number of aryl methyl sites for hydroxylation is 1. The molecule has 96 valence electrons. The van der Waals surface area contributed by atoms with E-state index in [9.17, 15) is 5.11 Å². The third-order valence-corrected chi connectivity index (χ3v) is 3.25. The summed E-state index contributed by atoms with van der Waals surface area (Å²) >= 11 is 0. The maximum Gasteiger partial charge on any atom is 0.143 e. The van der Waals surface area contributed by atoms with Crippen molar-refractivity contribution >= 4 is 11.0 Å².